The standard InChI is InChI=1S/C18H27N3O4/c1-5-6-7-11-25-18(22)20-17-19-12-13(21(17)2)16-14(23-3)9-8-10-15(16)24-4/h8-10,13H,5-7,11-12H2,1-4H3,(H,19,20,22). The fourth-order valence-corrected chi connectivity index (χ4v) is 2.82. The second-order valence-corrected chi connectivity index (χ2v) is 5.84. The SMILES string of the molecule is CCCCCOC(=O)NC1=NCC(c2c(OC)cccc2OC)N1C. The van der Waals surface area contributed by atoms with Crippen molar-refractivity contribution in [2.75, 3.05) is 34.4 Å². The molecule has 1 aromatic carbocycles. The normalized spacial score (nSPS) is 16.4. The molecule has 1 unspecified atom stereocenters. The number of unbranched alkanes of at least 4 members (excludes halogenated alkanes) is 2. The molecule has 25 heavy (non-hydrogen) atoms. The maximum atomic E-state index is 11.9. The first-order chi connectivity index (χ1) is 12.1. The van der Waals surface area contributed by atoms with Crippen molar-refractivity contribution in [3.8, 4) is 11.5 Å². The van der Waals surface area contributed by atoms with E-state index < -0.39 is 6.09 Å². The summed E-state index contributed by atoms with van der Waals surface area (Å²) in [5.41, 5.74) is 0.909. The van der Waals surface area contributed by atoms with E-state index in [-0.39, 0.29) is 6.04 Å². The molecule has 1 aliphatic heterocycles. The van der Waals surface area contributed by atoms with Gasteiger partial charge in [-0.2, -0.15) is 0 Å². The molecule has 0 spiro atoms. The molecule has 1 atom stereocenters. The fraction of sp³-hybridized carbons (Fsp3) is 0.556. The van der Waals surface area contributed by atoms with Crippen LogP contribution in [0.5, 0.6) is 11.5 Å². The molecule has 0 radical (unpaired) electrons. The third-order valence-corrected chi connectivity index (χ3v) is 4.21. The number of likely N-dealkylation sites (N-methyl/N-ethyl adjacent to an activating group) is 1. The maximum Gasteiger partial charge on any atom is 0.413 e. The van der Waals surface area contributed by atoms with E-state index in [0.717, 1.165) is 36.3 Å². The van der Waals surface area contributed by atoms with Gasteiger partial charge in [0.15, 0.2) is 0 Å². The van der Waals surface area contributed by atoms with E-state index in [9.17, 15) is 4.79 Å². The van der Waals surface area contributed by atoms with E-state index in [1.165, 1.54) is 0 Å². The van der Waals surface area contributed by atoms with Crippen LogP contribution in [0.15, 0.2) is 23.2 Å². The lowest BCUT2D eigenvalue weighted by Crippen LogP contribution is -2.41. The molecule has 7 heteroatoms. The number of rotatable bonds is 7. The minimum Gasteiger partial charge on any atom is -0.496 e. The lowest BCUT2D eigenvalue weighted by molar-refractivity contribution is 0.148. The molecule has 1 amide bonds. The van der Waals surface area contributed by atoms with Gasteiger partial charge >= 0.3 is 6.09 Å². The molecule has 1 N–H and O–H groups in total. The Morgan fingerprint density at radius 2 is 1.96 bits per heavy atom. The summed E-state index contributed by atoms with van der Waals surface area (Å²) < 4.78 is 16.1. The number of carbonyl (C=O) groups is 1. The Labute approximate surface area is 149 Å². The van der Waals surface area contributed by atoms with Gasteiger partial charge in [0, 0.05) is 7.05 Å². The van der Waals surface area contributed by atoms with Crippen molar-refractivity contribution in [2.45, 2.75) is 32.2 Å². The van der Waals surface area contributed by atoms with E-state index in [0.29, 0.717) is 19.1 Å². The molecule has 2 rings (SSSR count). The van der Waals surface area contributed by atoms with E-state index in [2.05, 4.69) is 17.2 Å². The van der Waals surface area contributed by atoms with Crippen molar-refractivity contribution in [3.63, 3.8) is 0 Å². The van der Waals surface area contributed by atoms with Crippen LogP contribution in [0.3, 0.4) is 0 Å². The van der Waals surface area contributed by atoms with E-state index >= 15 is 0 Å². The highest BCUT2D eigenvalue weighted by atomic mass is 16.5. The van der Waals surface area contributed by atoms with Crippen molar-refractivity contribution in [1.29, 1.82) is 0 Å². The number of nitrogens with zero attached hydrogens (tertiary/aromatic N) is 2. The Bertz CT molecular complexity index is 596. The van der Waals surface area contributed by atoms with Gasteiger partial charge in [0.25, 0.3) is 0 Å². The van der Waals surface area contributed by atoms with Crippen LogP contribution in [0.2, 0.25) is 0 Å². The summed E-state index contributed by atoms with van der Waals surface area (Å²) >= 11 is 0. The second-order valence-electron chi connectivity index (χ2n) is 5.84. The zero-order valence-electron chi connectivity index (χ0n) is 15.4. The van der Waals surface area contributed by atoms with Crippen molar-refractivity contribution < 1.29 is 19.0 Å². The monoisotopic (exact) mass is 349 g/mol. The van der Waals surface area contributed by atoms with Gasteiger partial charge in [-0.05, 0) is 18.6 Å². The quantitative estimate of drug-likeness (QED) is 0.766. The fourth-order valence-electron chi connectivity index (χ4n) is 2.82. The molecule has 1 heterocycles. The van der Waals surface area contributed by atoms with Crippen LogP contribution >= 0.6 is 0 Å². The van der Waals surface area contributed by atoms with Crippen LogP contribution in [-0.4, -0.2) is 51.4 Å². The minimum absolute atomic E-state index is 0.0820. The van der Waals surface area contributed by atoms with Gasteiger partial charge in [0.1, 0.15) is 11.5 Å². The number of nitrogens with one attached hydrogen (secondary N) is 1. The number of aliphatic imine (C=N–C) groups is 1. The van der Waals surface area contributed by atoms with Crippen LogP contribution in [0.25, 0.3) is 0 Å². The molecule has 138 valence electrons. The van der Waals surface area contributed by atoms with Gasteiger partial charge in [0.2, 0.25) is 5.96 Å². The minimum atomic E-state index is -0.477. The predicted molar refractivity (Wildman–Crippen MR) is 96.4 cm³/mol. The molecule has 7 nitrogen and oxygen atoms in total. The van der Waals surface area contributed by atoms with Crippen LogP contribution < -0.4 is 14.8 Å². The van der Waals surface area contributed by atoms with Crippen molar-refractivity contribution in [1.82, 2.24) is 10.2 Å². The van der Waals surface area contributed by atoms with Gasteiger partial charge in [0.05, 0.1) is 39.0 Å². The Balaban J connectivity index is 2.02. The van der Waals surface area contributed by atoms with Crippen molar-refractivity contribution in [2.24, 2.45) is 4.99 Å². The summed E-state index contributed by atoms with van der Waals surface area (Å²) in [6, 6.07) is 5.57. The van der Waals surface area contributed by atoms with Gasteiger partial charge in [-0.25, -0.2) is 4.79 Å². The first-order valence-corrected chi connectivity index (χ1v) is 8.54. The van der Waals surface area contributed by atoms with Crippen LogP contribution in [0.1, 0.15) is 37.8 Å². The first kappa shape index (κ1) is 18.9. The molecule has 0 bridgehead atoms. The van der Waals surface area contributed by atoms with Gasteiger partial charge < -0.3 is 19.1 Å². The highest BCUT2D eigenvalue weighted by Crippen LogP contribution is 2.38. The number of alkyl carbamates (subject to hydrolysis) is 1. The van der Waals surface area contributed by atoms with E-state index in [4.69, 9.17) is 14.2 Å². The van der Waals surface area contributed by atoms with Crippen LogP contribution in [0.4, 0.5) is 4.79 Å². The Hall–Kier alpha value is -2.44. The third-order valence-electron chi connectivity index (χ3n) is 4.21. The lowest BCUT2D eigenvalue weighted by atomic mass is 10.0. The summed E-state index contributed by atoms with van der Waals surface area (Å²) in [6.45, 7) is 3.02. The number of benzene rings is 1. The molecule has 0 fully saturated rings. The molecule has 0 aliphatic carbocycles. The topological polar surface area (TPSA) is 72.4 Å². The summed E-state index contributed by atoms with van der Waals surface area (Å²) in [5, 5.41) is 2.71. The summed E-state index contributed by atoms with van der Waals surface area (Å²) in [4.78, 5) is 18.2. The molecule has 0 saturated carbocycles. The zero-order chi connectivity index (χ0) is 18.2. The van der Waals surface area contributed by atoms with Crippen molar-refractivity contribution >= 4 is 12.1 Å². The van der Waals surface area contributed by atoms with Gasteiger partial charge in [-0.1, -0.05) is 25.8 Å². The highest BCUT2D eigenvalue weighted by Gasteiger charge is 2.31. The second kappa shape index (κ2) is 9.15. The number of carbonyl (C=O) groups excluding carboxylic acids is 1. The van der Waals surface area contributed by atoms with Gasteiger partial charge in [-0.15, -0.1) is 0 Å². The molecular weight excluding hydrogens is 322 g/mol. The average Bonchev–Trinajstić information content (AvgIpc) is 2.98. The largest absolute Gasteiger partial charge is 0.496 e. The summed E-state index contributed by atoms with van der Waals surface area (Å²) in [5.74, 6) is 1.95. The molecule has 1 aliphatic rings. The number of hydrogen-bond donors (Lipinski definition) is 1. The number of ether oxygens (including phenoxy) is 3. The summed E-state index contributed by atoms with van der Waals surface area (Å²) in [6.07, 6.45) is 2.52. The van der Waals surface area contributed by atoms with Crippen LogP contribution in [0, 0.1) is 0 Å². The first-order valence-electron chi connectivity index (χ1n) is 8.54. The lowest BCUT2D eigenvalue weighted by Gasteiger charge is -2.26. The van der Waals surface area contributed by atoms with Gasteiger partial charge in [-0.3, -0.25) is 10.3 Å². The van der Waals surface area contributed by atoms with Crippen molar-refractivity contribution in [3.05, 3.63) is 23.8 Å². The number of amides is 1. The number of methoxy groups -OCH3 is 2. The Morgan fingerprint density at radius 3 is 2.56 bits per heavy atom. The molecular formula is C18H27N3O4. The Kier molecular flexibility index (Phi) is 6.91. The Morgan fingerprint density at radius 1 is 1.28 bits per heavy atom. The molecule has 1 aromatic rings. The highest BCUT2D eigenvalue weighted by molar-refractivity contribution is 5.95. The average molecular weight is 349 g/mol. The predicted octanol–water partition coefficient (Wildman–Crippen LogP) is 2.96. The number of hydrogen-bond acceptors (Lipinski definition) is 6. The molecule has 0 aromatic heterocycles. The van der Waals surface area contributed by atoms with Crippen LogP contribution in [-0.2, 0) is 4.74 Å². The third kappa shape index (κ3) is 4.55. The number of guanidine groups is 1. The zero-order valence-corrected chi connectivity index (χ0v) is 15.4. The maximum absolute atomic E-state index is 11.9. The summed E-state index contributed by atoms with van der Waals surface area (Å²) in [7, 11) is 5.13. The smallest absolute Gasteiger partial charge is 0.413 e. The van der Waals surface area contributed by atoms with E-state index in [1.807, 2.05) is 30.1 Å². The van der Waals surface area contributed by atoms with E-state index in [1.54, 1.807) is 14.2 Å². The molecule has 0 saturated heterocycles.